The molecule has 0 saturated heterocycles. The van der Waals surface area contributed by atoms with E-state index in [2.05, 4.69) is 4.98 Å². The number of fused-ring (bicyclic) bond motifs is 1. The second-order valence-corrected chi connectivity index (χ2v) is 4.87. The van der Waals surface area contributed by atoms with Crippen molar-refractivity contribution in [2.45, 2.75) is 13.3 Å². The lowest BCUT2D eigenvalue weighted by Crippen LogP contribution is -2.01. The number of rotatable bonds is 2. The first-order valence-electron chi connectivity index (χ1n) is 5.46. The van der Waals surface area contributed by atoms with Crippen LogP contribution in [-0.2, 0) is 6.42 Å². The SMILES string of the molecule is Cc1ncsc1C(=O)c1ccc2c(c1)CCO2. The van der Waals surface area contributed by atoms with Gasteiger partial charge in [0.05, 0.1) is 22.7 Å². The maximum Gasteiger partial charge on any atom is 0.204 e. The van der Waals surface area contributed by atoms with Gasteiger partial charge in [0.15, 0.2) is 0 Å². The van der Waals surface area contributed by atoms with Gasteiger partial charge in [-0.1, -0.05) is 0 Å². The Hall–Kier alpha value is -1.68. The zero-order valence-corrected chi connectivity index (χ0v) is 10.2. The number of aryl methyl sites for hydroxylation is 1. The van der Waals surface area contributed by atoms with Crippen LogP contribution in [0.15, 0.2) is 23.7 Å². The van der Waals surface area contributed by atoms with Crippen LogP contribution < -0.4 is 4.74 Å². The Balaban J connectivity index is 2.00. The van der Waals surface area contributed by atoms with Crippen molar-refractivity contribution in [3.05, 3.63) is 45.4 Å². The third-order valence-electron chi connectivity index (χ3n) is 2.90. The second-order valence-electron chi connectivity index (χ2n) is 4.02. The molecule has 17 heavy (non-hydrogen) atoms. The molecule has 0 saturated carbocycles. The smallest absolute Gasteiger partial charge is 0.204 e. The summed E-state index contributed by atoms with van der Waals surface area (Å²) < 4.78 is 5.43. The molecule has 0 amide bonds. The zero-order chi connectivity index (χ0) is 11.8. The second kappa shape index (κ2) is 3.96. The fraction of sp³-hybridized carbons (Fsp3) is 0.231. The minimum absolute atomic E-state index is 0.0553. The van der Waals surface area contributed by atoms with Crippen molar-refractivity contribution in [2.75, 3.05) is 6.61 Å². The summed E-state index contributed by atoms with van der Waals surface area (Å²) in [7, 11) is 0. The van der Waals surface area contributed by atoms with Crippen molar-refractivity contribution < 1.29 is 9.53 Å². The van der Waals surface area contributed by atoms with Crippen LogP contribution in [-0.4, -0.2) is 17.4 Å². The molecule has 3 nitrogen and oxygen atoms in total. The zero-order valence-electron chi connectivity index (χ0n) is 9.40. The number of hydrogen-bond donors (Lipinski definition) is 0. The summed E-state index contributed by atoms with van der Waals surface area (Å²) in [6.45, 7) is 2.58. The van der Waals surface area contributed by atoms with E-state index in [-0.39, 0.29) is 5.78 Å². The molecular weight excluding hydrogens is 234 g/mol. The van der Waals surface area contributed by atoms with Gasteiger partial charge < -0.3 is 4.74 Å². The van der Waals surface area contributed by atoms with Gasteiger partial charge in [-0.3, -0.25) is 4.79 Å². The molecule has 2 aromatic rings. The van der Waals surface area contributed by atoms with Crippen molar-refractivity contribution in [3.8, 4) is 5.75 Å². The number of carbonyl (C=O) groups is 1. The average molecular weight is 245 g/mol. The normalized spacial score (nSPS) is 13.2. The summed E-state index contributed by atoms with van der Waals surface area (Å²) in [5.41, 5.74) is 4.36. The maximum atomic E-state index is 12.3. The van der Waals surface area contributed by atoms with Crippen LogP contribution >= 0.6 is 11.3 Å². The molecule has 1 aromatic heterocycles. The van der Waals surface area contributed by atoms with Crippen LogP contribution in [0, 0.1) is 6.92 Å². The third-order valence-corrected chi connectivity index (χ3v) is 3.83. The Morgan fingerprint density at radius 3 is 3.12 bits per heavy atom. The lowest BCUT2D eigenvalue weighted by Gasteiger charge is -2.02. The highest BCUT2D eigenvalue weighted by Crippen LogP contribution is 2.27. The summed E-state index contributed by atoms with van der Waals surface area (Å²) in [5.74, 6) is 0.960. The summed E-state index contributed by atoms with van der Waals surface area (Å²) >= 11 is 1.39. The Bertz CT molecular complexity index is 589. The molecule has 3 rings (SSSR count). The van der Waals surface area contributed by atoms with Crippen molar-refractivity contribution in [1.29, 1.82) is 0 Å². The van der Waals surface area contributed by atoms with Crippen molar-refractivity contribution in [3.63, 3.8) is 0 Å². The van der Waals surface area contributed by atoms with Gasteiger partial charge in [-0.05, 0) is 30.7 Å². The van der Waals surface area contributed by atoms with Gasteiger partial charge in [0.2, 0.25) is 5.78 Å². The van der Waals surface area contributed by atoms with Crippen LogP contribution in [0.5, 0.6) is 5.75 Å². The number of aromatic nitrogens is 1. The number of thiazole rings is 1. The molecule has 1 aromatic carbocycles. The largest absolute Gasteiger partial charge is 0.493 e. The standard InChI is InChI=1S/C13H11NO2S/c1-8-13(17-7-14-8)12(15)10-2-3-11-9(6-10)4-5-16-11/h2-3,6-7H,4-5H2,1H3. The van der Waals surface area contributed by atoms with Gasteiger partial charge in [0.1, 0.15) is 5.75 Å². The molecule has 86 valence electrons. The molecule has 4 heteroatoms. The third kappa shape index (κ3) is 1.74. The Kier molecular flexibility index (Phi) is 2.44. The lowest BCUT2D eigenvalue weighted by atomic mass is 10.0. The highest BCUT2D eigenvalue weighted by atomic mass is 32.1. The summed E-state index contributed by atoms with van der Waals surface area (Å²) in [6.07, 6.45) is 0.887. The van der Waals surface area contributed by atoms with E-state index in [1.807, 2.05) is 25.1 Å². The lowest BCUT2D eigenvalue weighted by molar-refractivity contribution is 0.104. The Morgan fingerprint density at radius 1 is 1.47 bits per heavy atom. The highest BCUT2D eigenvalue weighted by molar-refractivity contribution is 7.12. The number of hydrogen-bond acceptors (Lipinski definition) is 4. The topological polar surface area (TPSA) is 39.2 Å². The van der Waals surface area contributed by atoms with Crippen LogP contribution in [0.3, 0.4) is 0 Å². The van der Waals surface area contributed by atoms with Gasteiger partial charge in [-0.25, -0.2) is 4.98 Å². The number of carbonyl (C=O) groups excluding carboxylic acids is 1. The van der Waals surface area contributed by atoms with E-state index in [0.29, 0.717) is 6.61 Å². The van der Waals surface area contributed by atoms with Crippen LogP contribution in [0.1, 0.15) is 26.5 Å². The van der Waals surface area contributed by atoms with E-state index in [1.165, 1.54) is 11.3 Å². The Labute approximate surface area is 103 Å². The molecule has 0 radical (unpaired) electrons. The van der Waals surface area contributed by atoms with E-state index < -0.39 is 0 Å². The van der Waals surface area contributed by atoms with Crippen molar-refractivity contribution >= 4 is 17.1 Å². The predicted molar refractivity (Wildman–Crippen MR) is 65.9 cm³/mol. The monoisotopic (exact) mass is 245 g/mol. The number of benzene rings is 1. The molecule has 0 spiro atoms. The quantitative estimate of drug-likeness (QED) is 0.763. The highest BCUT2D eigenvalue weighted by Gasteiger charge is 2.18. The van der Waals surface area contributed by atoms with E-state index >= 15 is 0 Å². The van der Waals surface area contributed by atoms with E-state index in [0.717, 1.165) is 33.9 Å². The molecule has 0 fully saturated rings. The van der Waals surface area contributed by atoms with E-state index in [1.54, 1.807) is 5.51 Å². The first-order chi connectivity index (χ1) is 8.25. The first kappa shape index (κ1) is 10.5. The van der Waals surface area contributed by atoms with Crippen LogP contribution in [0.25, 0.3) is 0 Å². The molecule has 0 N–H and O–H groups in total. The van der Waals surface area contributed by atoms with Crippen LogP contribution in [0.2, 0.25) is 0 Å². The first-order valence-corrected chi connectivity index (χ1v) is 6.34. The van der Waals surface area contributed by atoms with Gasteiger partial charge in [-0.2, -0.15) is 0 Å². The van der Waals surface area contributed by atoms with Gasteiger partial charge >= 0.3 is 0 Å². The fourth-order valence-corrected chi connectivity index (χ4v) is 2.74. The molecule has 0 bridgehead atoms. The predicted octanol–water partition coefficient (Wildman–Crippen LogP) is 2.62. The maximum absolute atomic E-state index is 12.3. The van der Waals surface area contributed by atoms with E-state index in [9.17, 15) is 4.79 Å². The average Bonchev–Trinajstić information content (AvgIpc) is 2.95. The van der Waals surface area contributed by atoms with Crippen LogP contribution in [0.4, 0.5) is 0 Å². The molecular formula is C13H11NO2S. The Morgan fingerprint density at radius 2 is 2.35 bits per heavy atom. The van der Waals surface area contributed by atoms with Gasteiger partial charge in [0.25, 0.3) is 0 Å². The summed E-state index contributed by atoms with van der Waals surface area (Å²) in [5, 5.41) is 0. The molecule has 1 aliphatic heterocycles. The molecule has 0 aliphatic carbocycles. The fourth-order valence-electron chi connectivity index (χ4n) is 1.98. The number of ketones is 1. The minimum atomic E-state index is 0.0553. The molecule has 1 aliphatic rings. The van der Waals surface area contributed by atoms with Gasteiger partial charge in [0, 0.05) is 12.0 Å². The molecule has 0 unspecified atom stereocenters. The number of nitrogens with zero attached hydrogens (tertiary/aromatic N) is 1. The van der Waals surface area contributed by atoms with Crippen molar-refractivity contribution in [2.24, 2.45) is 0 Å². The van der Waals surface area contributed by atoms with Crippen molar-refractivity contribution in [1.82, 2.24) is 4.98 Å². The summed E-state index contributed by atoms with van der Waals surface area (Å²) in [6, 6.07) is 5.64. The minimum Gasteiger partial charge on any atom is -0.493 e. The van der Waals surface area contributed by atoms with Gasteiger partial charge in [-0.15, -0.1) is 11.3 Å². The molecule has 0 atom stereocenters. The molecule has 2 heterocycles. The number of ether oxygens (including phenoxy) is 1. The summed E-state index contributed by atoms with van der Waals surface area (Å²) in [4.78, 5) is 17.1. The van der Waals surface area contributed by atoms with E-state index in [4.69, 9.17) is 4.74 Å².